The fraction of sp³-hybridized carbons (Fsp3) is 0.526. The van der Waals surface area contributed by atoms with Crippen molar-refractivity contribution >= 4 is 5.91 Å². The lowest BCUT2D eigenvalue weighted by Crippen LogP contribution is -2.47. The summed E-state index contributed by atoms with van der Waals surface area (Å²) < 4.78 is 1.78. The van der Waals surface area contributed by atoms with E-state index < -0.39 is 0 Å². The SMILES string of the molecule is Cc1nc(C(=O)N2CCCCC2CN)nn1-c1ccccc1C(C)C. The first kappa shape index (κ1) is 17.6. The average Bonchev–Trinajstić information content (AvgIpc) is 3.02. The van der Waals surface area contributed by atoms with Gasteiger partial charge in [0.2, 0.25) is 5.82 Å². The molecule has 0 spiro atoms. The van der Waals surface area contributed by atoms with Gasteiger partial charge in [0.15, 0.2) is 0 Å². The molecule has 1 atom stereocenters. The van der Waals surface area contributed by atoms with Crippen LogP contribution in [-0.4, -0.2) is 44.7 Å². The van der Waals surface area contributed by atoms with Crippen LogP contribution in [-0.2, 0) is 0 Å². The molecule has 3 rings (SSSR count). The molecule has 25 heavy (non-hydrogen) atoms. The second-order valence-electron chi connectivity index (χ2n) is 6.99. The molecule has 0 radical (unpaired) electrons. The number of para-hydroxylation sites is 1. The molecule has 1 unspecified atom stereocenters. The Morgan fingerprint density at radius 1 is 1.32 bits per heavy atom. The zero-order chi connectivity index (χ0) is 18.0. The summed E-state index contributed by atoms with van der Waals surface area (Å²) in [6, 6.07) is 8.22. The van der Waals surface area contributed by atoms with Gasteiger partial charge < -0.3 is 10.6 Å². The minimum absolute atomic E-state index is 0.0939. The normalized spacial score (nSPS) is 18.0. The molecule has 134 valence electrons. The first-order chi connectivity index (χ1) is 12.0. The summed E-state index contributed by atoms with van der Waals surface area (Å²) in [5.41, 5.74) is 8.02. The molecule has 2 N–H and O–H groups in total. The third kappa shape index (κ3) is 3.44. The highest BCUT2D eigenvalue weighted by molar-refractivity contribution is 5.90. The molecule has 0 aliphatic carbocycles. The number of carbonyl (C=O) groups excluding carboxylic acids is 1. The van der Waals surface area contributed by atoms with Crippen LogP contribution in [0, 0.1) is 6.92 Å². The lowest BCUT2D eigenvalue weighted by atomic mass is 10.0. The van der Waals surface area contributed by atoms with Gasteiger partial charge in [0, 0.05) is 19.1 Å². The molecular weight excluding hydrogens is 314 g/mol. The van der Waals surface area contributed by atoms with Crippen molar-refractivity contribution in [2.75, 3.05) is 13.1 Å². The van der Waals surface area contributed by atoms with Crippen LogP contribution >= 0.6 is 0 Å². The second kappa shape index (κ2) is 7.35. The van der Waals surface area contributed by atoms with Crippen LogP contribution in [0.1, 0.15) is 61.0 Å². The Balaban J connectivity index is 1.94. The fourth-order valence-corrected chi connectivity index (χ4v) is 3.52. The Hall–Kier alpha value is -2.21. The Kier molecular flexibility index (Phi) is 5.18. The molecule has 1 aliphatic rings. The van der Waals surface area contributed by atoms with Crippen molar-refractivity contribution in [1.29, 1.82) is 0 Å². The monoisotopic (exact) mass is 341 g/mol. The number of benzene rings is 1. The third-order valence-corrected chi connectivity index (χ3v) is 4.91. The molecule has 1 fully saturated rings. The maximum Gasteiger partial charge on any atom is 0.293 e. The summed E-state index contributed by atoms with van der Waals surface area (Å²) in [7, 11) is 0. The zero-order valence-corrected chi connectivity index (χ0v) is 15.3. The molecule has 2 heterocycles. The summed E-state index contributed by atoms with van der Waals surface area (Å²) >= 11 is 0. The summed E-state index contributed by atoms with van der Waals surface area (Å²) in [4.78, 5) is 19.2. The number of carbonyl (C=O) groups is 1. The van der Waals surface area contributed by atoms with Crippen LogP contribution in [0.15, 0.2) is 24.3 Å². The molecule has 0 saturated carbocycles. The van der Waals surface area contributed by atoms with Gasteiger partial charge in [0.1, 0.15) is 5.82 Å². The van der Waals surface area contributed by atoms with E-state index >= 15 is 0 Å². The Labute approximate surface area is 149 Å². The van der Waals surface area contributed by atoms with Gasteiger partial charge in [0.25, 0.3) is 5.91 Å². The molecule has 1 saturated heterocycles. The number of rotatable bonds is 4. The lowest BCUT2D eigenvalue weighted by molar-refractivity contribution is 0.0610. The van der Waals surface area contributed by atoms with Crippen LogP contribution in [0.25, 0.3) is 5.69 Å². The first-order valence-electron chi connectivity index (χ1n) is 9.07. The van der Waals surface area contributed by atoms with Gasteiger partial charge in [-0.15, -0.1) is 5.10 Å². The van der Waals surface area contributed by atoms with Crippen LogP contribution < -0.4 is 5.73 Å². The maximum atomic E-state index is 12.9. The van der Waals surface area contributed by atoms with E-state index in [1.807, 2.05) is 30.0 Å². The number of likely N-dealkylation sites (tertiary alicyclic amines) is 1. The van der Waals surface area contributed by atoms with E-state index in [0.717, 1.165) is 37.3 Å². The smallest absolute Gasteiger partial charge is 0.293 e. The van der Waals surface area contributed by atoms with Crippen LogP contribution in [0.2, 0.25) is 0 Å². The number of piperidine rings is 1. The molecule has 6 heteroatoms. The van der Waals surface area contributed by atoms with Crippen molar-refractivity contribution in [2.24, 2.45) is 5.73 Å². The van der Waals surface area contributed by atoms with Gasteiger partial charge in [-0.1, -0.05) is 32.0 Å². The number of nitrogens with zero attached hydrogens (tertiary/aromatic N) is 4. The summed E-state index contributed by atoms with van der Waals surface area (Å²) in [6.07, 6.45) is 3.09. The van der Waals surface area contributed by atoms with E-state index in [0.29, 0.717) is 12.5 Å². The van der Waals surface area contributed by atoms with E-state index in [9.17, 15) is 4.79 Å². The van der Waals surface area contributed by atoms with Crippen molar-refractivity contribution in [3.05, 3.63) is 41.5 Å². The van der Waals surface area contributed by atoms with Crippen molar-refractivity contribution in [3.8, 4) is 5.69 Å². The van der Waals surface area contributed by atoms with E-state index in [1.54, 1.807) is 4.68 Å². The van der Waals surface area contributed by atoms with E-state index in [4.69, 9.17) is 5.73 Å². The minimum atomic E-state index is -0.112. The molecule has 1 aromatic heterocycles. The van der Waals surface area contributed by atoms with Crippen molar-refractivity contribution in [1.82, 2.24) is 19.7 Å². The highest BCUT2D eigenvalue weighted by Gasteiger charge is 2.29. The number of aryl methyl sites for hydroxylation is 1. The minimum Gasteiger partial charge on any atom is -0.332 e. The molecule has 6 nitrogen and oxygen atoms in total. The van der Waals surface area contributed by atoms with Gasteiger partial charge in [0.05, 0.1) is 5.69 Å². The van der Waals surface area contributed by atoms with Crippen LogP contribution in [0.5, 0.6) is 0 Å². The summed E-state index contributed by atoms with van der Waals surface area (Å²) in [6.45, 7) is 7.41. The molecule has 1 amide bonds. The Bertz CT molecular complexity index is 752. The quantitative estimate of drug-likeness (QED) is 0.927. The Morgan fingerprint density at radius 3 is 2.80 bits per heavy atom. The maximum absolute atomic E-state index is 12.9. The van der Waals surface area contributed by atoms with Gasteiger partial charge in [-0.3, -0.25) is 4.79 Å². The van der Waals surface area contributed by atoms with Crippen LogP contribution in [0.3, 0.4) is 0 Å². The average molecular weight is 341 g/mol. The molecule has 1 aromatic carbocycles. The molecular formula is C19H27N5O. The highest BCUT2D eigenvalue weighted by Crippen LogP contribution is 2.24. The lowest BCUT2D eigenvalue weighted by Gasteiger charge is -2.34. The summed E-state index contributed by atoms with van der Waals surface area (Å²) in [5, 5.41) is 4.54. The Morgan fingerprint density at radius 2 is 2.08 bits per heavy atom. The third-order valence-electron chi connectivity index (χ3n) is 4.91. The first-order valence-corrected chi connectivity index (χ1v) is 9.07. The molecule has 2 aromatic rings. The molecule has 1 aliphatic heterocycles. The summed E-state index contributed by atoms with van der Waals surface area (Å²) in [5.74, 6) is 1.23. The van der Waals surface area contributed by atoms with E-state index in [-0.39, 0.29) is 17.8 Å². The van der Waals surface area contributed by atoms with Crippen molar-refractivity contribution in [2.45, 2.75) is 52.0 Å². The number of nitrogens with two attached hydrogens (primary N) is 1. The van der Waals surface area contributed by atoms with Gasteiger partial charge >= 0.3 is 0 Å². The fourth-order valence-electron chi connectivity index (χ4n) is 3.52. The van der Waals surface area contributed by atoms with Crippen molar-refractivity contribution in [3.63, 3.8) is 0 Å². The molecule has 0 bridgehead atoms. The topological polar surface area (TPSA) is 77.0 Å². The highest BCUT2D eigenvalue weighted by atomic mass is 16.2. The standard InChI is InChI=1S/C19H27N5O/c1-13(2)16-9-4-5-10-17(16)24-14(3)21-18(22-24)19(25)23-11-7-6-8-15(23)12-20/h4-5,9-10,13,15H,6-8,11-12,20H2,1-3H3. The number of hydrogen-bond acceptors (Lipinski definition) is 4. The number of hydrogen-bond donors (Lipinski definition) is 1. The predicted octanol–water partition coefficient (Wildman–Crippen LogP) is 2.65. The zero-order valence-electron chi connectivity index (χ0n) is 15.3. The van der Waals surface area contributed by atoms with Gasteiger partial charge in [-0.25, -0.2) is 9.67 Å². The van der Waals surface area contributed by atoms with Gasteiger partial charge in [-0.05, 0) is 43.7 Å². The number of aromatic nitrogens is 3. The number of amides is 1. The van der Waals surface area contributed by atoms with E-state index in [2.05, 4.69) is 30.0 Å². The predicted molar refractivity (Wildman–Crippen MR) is 97.9 cm³/mol. The van der Waals surface area contributed by atoms with E-state index in [1.165, 1.54) is 5.56 Å². The van der Waals surface area contributed by atoms with Gasteiger partial charge in [-0.2, -0.15) is 0 Å². The van der Waals surface area contributed by atoms with Crippen LogP contribution in [0.4, 0.5) is 0 Å². The van der Waals surface area contributed by atoms with Crippen molar-refractivity contribution < 1.29 is 4.79 Å². The second-order valence-corrected chi connectivity index (χ2v) is 6.99. The largest absolute Gasteiger partial charge is 0.332 e.